The number of thioether (sulfide) groups is 1. The van der Waals surface area contributed by atoms with Gasteiger partial charge in [0.05, 0.1) is 12.0 Å². The fourth-order valence-corrected chi connectivity index (χ4v) is 4.13. The predicted molar refractivity (Wildman–Crippen MR) is 114 cm³/mol. The molecule has 6 heteroatoms. The summed E-state index contributed by atoms with van der Waals surface area (Å²) < 4.78 is 12.0. The maximum Gasteiger partial charge on any atom is 0.266 e. The fraction of sp³-hybridized carbons (Fsp3) is 0.238. The van der Waals surface area contributed by atoms with Gasteiger partial charge in [-0.25, -0.2) is 0 Å². The van der Waals surface area contributed by atoms with Crippen LogP contribution < -0.4 is 9.47 Å². The first-order valence-corrected chi connectivity index (χ1v) is 9.86. The minimum atomic E-state index is -0.0497. The molecule has 0 saturated carbocycles. The summed E-state index contributed by atoms with van der Waals surface area (Å²) in [6.07, 6.45) is 1.84. The van der Waals surface area contributed by atoms with E-state index < -0.39 is 0 Å². The number of hydrogen-bond acceptors (Lipinski definition) is 5. The summed E-state index contributed by atoms with van der Waals surface area (Å²) in [5, 5.41) is 0. The van der Waals surface area contributed by atoms with Gasteiger partial charge in [0.25, 0.3) is 5.91 Å². The van der Waals surface area contributed by atoms with Crippen LogP contribution in [0.25, 0.3) is 6.08 Å². The van der Waals surface area contributed by atoms with Crippen molar-refractivity contribution >= 4 is 40.3 Å². The molecule has 140 valence electrons. The standard InChI is InChI=1S/C21H21NO3S2/c1-4-22-20(23)19(27-21(22)26)12-15-9-10-17(18(11-15)24-3)25-13-16-8-6-5-7-14(16)2/h5-12H,4,13H2,1-3H3. The zero-order valence-corrected chi connectivity index (χ0v) is 17.2. The SMILES string of the molecule is CCN1C(=O)C(=Cc2ccc(OCc3ccccc3C)c(OC)c2)SC1=S. The highest BCUT2D eigenvalue weighted by atomic mass is 32.2. The number of nitrogens with zero attached hydrogens (tertiary/aromatic N) is 1. The van der Waals surface area contributed by atoms with Crippen molar-refractivity contribution in [3.63, 3.8) is 0 Å². The number of amides is 1. The Morgan fingerprint density at radius 3 is 2.63 bits per heavy atom. The van der Waals surface area contributed by atoms with Crippen LogP contribution in [0.5, 0.6) is 11.5 Å². The lowest BCUT2D eigenvalue weighted by Crippen LogP contribution is -2.27. The molecule has 1 amide bonds. The summed E-state index contributed by atoms with van der Waals surface area (Å²) in [5.41, 5.74) is 3.18. The lowest BCUT2D eigenvalue weighted by Gasteiger charge is -2.13. The highest BCUT2D eigenvalue weighted by Gasteiger charge is 2.30. The van der Waals surface area contributed by atoms with Crippen molar-refractivity contribution in [1.82, 2.24) is 4.90 Å². The third-order valence-corrected chi connectivity index (χ3v) is 5.70. The molecular weight excluding hydrogens is 378 g/mol. The monoisotopic (exact) mass is 399 g/mol. The Bertz CT molecular complexity index is 908. The molecule has 27 heavy (non-hydrogen) atoms. The van der Waals surface area contributed by atoms with E-state index in [2.05, 4.69) is 13.0 Å². The quantitative estimate of drug-likeness (QED) is 0.515. The molecule has 0 aliphatic carbocycles. The number of likely N-dealkylation sites (N-methyl/N-ethyl adjacent to an activating group) is 1. The summed E-state index contributed by atoms with van der Waals surface area (Å²) in [6, 6.07) is 13.8. The van der Waals surface area contributed by atoms with Gasteiger partial charge < -0.3 is 9.47 Å². The predicted octanol–water partition coefficient (Wildman–Crippen LogP) is 4.80. The highest BCUT2D eigenvalue weighted by Crippen LogP contribution is 2.34. The molecular formula is C21H21NO3S2. The van der Waals surface area contributed by atoms with E-state index in [1.54, 1.807) is 12.0 Å². The second-order valence-corrected chi connectivity index (χ2v) is 7.73. The third kappa shape index (κ3) is 4.34. The van der Waals surface area contributed by atoms with Crippen molar-refractivity contribution in [3.05, 3.63) is 64.1 Å². The van der Waals surface area contributed by atoms with E-state index in [4.69, 9.17) is 21.7 Å². The number of thiocarbonyl (C=S) groups is 1. The van der Waals surface area contributed by atoms with Crippen molar-refractivity contribution in [3.8, 4) is 11.5 Å². The van der Waals surface area contributed by atoms with E-state index in [0.717, 1.165) is 11.1 Å². The van der Waals surface area contributed by atoms with Crippen molar-refractivity contribution in [2.24, 2.45) is 0 Å². The number of benzene rings is 2. The van der Waals surface area contributed by atoms with E-state index in [1.807, 2.05) is 49.4 Å². The first-order valence-electron chi connectivity index (χ1n) is 8.64. The van der Waals surface area contributed by atoms with Gasteiger partial charge in [-0.05, 0) is 48.7 Å². The van der Waals surface area contributed by atoms with Crippen molar-refractivity contribution in [2.45, 2.75) is 20.5 Å². The Balaban J connectivity index is 1.79. The largest absolute Gasteiger partial charge is 0.493 e. The molecule has 0 spiro atoms. The van der Waals surface area contributed by atoms with Gasteiger partial charge in [-0.15, -0.1) is 0 Å². The van der Waals surface area contributed by atoms with Crippen LogP contribution in [0.2, 0.25) is 0 Å². The van der Waals surface area contributed by atoms with Crippen LogP contribution in [-0.2, 0) is 11.4 Å². The first-order chi connectivity index (χ1) is 13.0. The van der Waals surface area contributed by atoms with Gasteiger partial charge in [0.15, 0.2) is 11.5 Å². The van der Waals surface area contributed by atoms with E-state index >= 15 is 0 Å². The second kappa shape index (κ2) is 8.59. The summed E-state index contributed by atoms with van der Waals surface area (Å²) in [6.45, 7) is 5.03. The van der Waals surface area contributed by atoms with Crippen LogP contribution in [-0.4, -0.2) is 28.8 Å². The summed E-state index contributed by atoms with van der Waals surface area (Å²) in [4.78, 5) is 14.6. The van der Waals surface area contributed by atoms with E-state index in [0.29, 0.717) is 33.9 Å². The molecule has 0 atom stereocenters. The van der Waals surface area contributed by atoms with E-state index in [-0.39, 0.29) is 5.91 Å². The minimum absolute atomic E-state index is 0.0497. The number of ether oxygens (including phenoxy) is 2. The van der Waals surface area contributed by atoms with Crippen molar-refractivity contribution < 1.29 is 14.3 Å². The maximum absolute atomic E-state index is 12.4. The number of aryl methyl sites for hydroxylation is 1. The Hall–Kier alpha value is -2.31. The molecule has 0 aromatic heterocycles. The molecule has 1 heterocycles. The lowest BCUT2D eigenvalue weighted by atomic mass is 10.1. The van der Waals surface area contributed by atoms with Crippen molar-refractivity contribution in [1.29, 1.82) is 0 Å². The molecule has 0 radical (unpaired) electrons. The fourth-order valence-electron chi connectivity index (χ4n) is 2.74. The zero-order valence-electron chi connectivity index (χ0n) is 15.5. The third-order valence-electron chi connectivity index (χ3n) is 4.32. The number of rotatable bonds is 6. The molecule has 1 saturated heterocycles. The molecule has 1 aliphatic heterocycles. The van der Waals surface area contributed by atoms with Crippen LogP contribution in [0.1, 0.15) is 23.6 Å². The topological polar surface area (TPSA) is 38.8 Å². The number of carbonyl (C=O) groups is 1. The average Bonchev–Trinajstić information content (AvgIpc) is 2.94. The summed E-state index contributed by atoms with van der Waals surface area (Å²) in [7, 11) is 1.61. The van der Waals surface area contributed by atoms with Gasteiger partial charge in [-0.2, -0.15) is 0 Å². The normalized spacial score (nSPS) is 15.5. The lowest BCUT2D eigenvalue weighted by molar-refractivity contribution is -0.121. The molecule has 1 fully saturated rings. The molecule has 2 aromatic carbocycles. The van der Waals surface area contributed by atoms with Crippen LogP contribution in [0.3, 0.4) is 0 Å². The van der Waals surface area contributed by atoms with Gasteiger partial charge in [0.1, 0.15) is 10.9 Å². The molecule has 0 N–H and O–H groups in total. The van der Waals surface area contributed by atoms with Crippen molar-refractivity contribution in [2.75, 3.05) is 13.7 Å². The van der Waals surface area contributed by atoms with Gasteiger partial charge in [0.2, 0.25) is 0 Å². The van der Waals surface area contributed by atoms with E-state index in [9.17, 15) is 4.79 Å². The molecule has 3 rings (SSSR count). The second-order valence-electron chi connectivity index (χ2n) is 6.05. The summed E-state index contributed by atoms with van der Waals surface area (Å²) >= 11 is 6.58. The van der Waals surface area contributed by atoms with Crippen LogP contribution in [0.15, 0.2) is 47.4 Å². The van der Waals surface area contributed by atoms with Crippen LogP contribution in [0, 0.1) is 6.92 Å². The smallest absolute Gasteiger partial charge is 0.266 e. The van der Waals surface area contributed by atoms with E-state index in [1.165, 1.54) is 17.3 Å². The van der Waals surface area contributed by atoms with Gasteiger partial charge in [0, 0.05) is 6.54 Å². The van der Waals surface area contributed by atoms with Crippen LogP contribution >= 0.6 is 24.0 Å². The summed E-state index contributed by atoms with van der Waals surface area (Å²) in [5.74, 6) is 1.24. The number of carbonyl (C=O) groups excluding carboxylic acids is 1. The van der Waals surface area contributed by atoms with Crippen LogP contribution in [0.4, 0.5) is 0 Å². The average molecular weight is 400 g/mol. The van der Waals surface area contributed by atoms with Gasteiger partial charge in [-0.1, -0.05) is 54.3 Å². The van der Waals surface area contributed by atoms with Gasteiger partial charge >= 0.3 is 0 Å². The Morgan fingerprint density at radius 2 is 1.96 bits per heavy atom. The highest BCUT2D eigenvalue weighted by molar-refractivity contribution is 8.26. The Morgan fingerprint density at radius 1 is 1.19 bits per heavy atom. The maximum atomic E-state index is 12.4. The Kier molecular flexibility index (Phi) is 6.19. The first kappa shape index (κ1) is 19.5. The Labute approximate surface area is 169 Å². The number of hydrogen-bond donors (Lipinski definition) is 0. The van der Waals surface area contributed by atoms with Gasteiger partial charge in [-0.3, -0.25) is 9.69 Å². The molecule has 0 unspecified atom stereocenters. The molecule has 0 bridgehead atoms. The molecule has 2 aromatic rings. The molecule has 1 aliphatic rings. The minimum Gasteiger partial charge on any atom is -0.493 e. The number of methoxy groups -OCH3 is 1. The zero-order chi connectivity index (χ0) is 19.4. The molecule has 4 nitrogen and oxygen atoms in total.